The maximum absolute atomic E-state index is 12.4. The molecule has 9 N–H and O–H groups in total. The Balaban J connectivity index is 0.809. The standard InChI is InChI=1S/C31H50N8O17P2S/c32-28-25-29(35-17-34-28)39(18-36-25)30-27(43)26(42)20(54-30)15-53-57(45,46)56-58(47,48)55-23(41)5-7-49-9-11-51-13-14-52-12-10-50-8-6-33-22(40)4-2-1-3-21-24-19(16-59-21)37-31(44)38-24/h17-21,24,26-27,30,42-43H,1-16H2,(H,33,40)(H,45,46)(H,47,48)(H2,32,34,35)(H2,37,38,44)/t19?,20?,21-,24?,26?,27?,30?/m0/s1. The fraction of sp³-hybridized carbons (Fsp3) is 0.742. The number of rotatable bonds is 27. The van der Waals surface area contributed by atoms with Gasteiger partial charge in [0.15, 0.2) is 17.7 Å². The first-order valence-electron chi connectivity index (χ1n) is 18.7. The van der Waals surface area contributed by atoms with Crippen molar-refractivity contribution in [1.29, 1.82) is 0 Å². The highest BCUT2D eigenvalue weighted by atomic mass is 32.2. The number of aromatic nitrogens is 4. The third-order valence-electron chi connectivity index (χ3n) is 9.04. The highest BCUT2D eigenvalue weighted by Gasteiger charge is 2.47. The summed E-state index contributed by atoms with van der Waals surface area (Å²) in [5.74, 6) is -0.338. The summed E-state index contributed by atoms with van der Waals surface area (Å²) in [6, 6.07) is 0.280. The van der Waals surface area contributed by atoms with Crippen molar-refractivity contribution in [3.05, 3.63) is 12.7 Å². The molecule has 0 aliphatic carbocycles. The van der Waals surface area contributed by atoms with Crippen LogP contribution in [0.5, 0.6) is 0 Å². The predicted octanol–water partition coefficient (Wildman–Crippen LogP) is -0.897. The number of aliphatic hydroxyl groups excluding tert-OH is 2. The molecule has 5 rings (SSSR count). The van der Waals surface area contributed by atoms with E-state index >= 15 is 0 Å². The van der Waals surface area contributed by atoms with Crippen LogP contribution in [0.1, 0.15) is 38.3 Å². The summed E-state index contributed by atoms with van der Waals surface area (Å²) in [6.45, 7) is 1.01. The minimum atomic E-state index is -5.46. The van der Waals surface area contributed by atoms with Crippen molar-refractivity contribution in [1.82, 2.24) is 35.5 Å². The van der Waals surface area contributed by atoms with E-state index in [-0.39, 0.29) is 74.0 Å². The lowest BCUT2D eigenvalue weighted by molar-refractivity contribution is -0.137. The summed E-state index contributed by atoms with van der Waals surface area (Å²) < 4.78 is 65.9. The number of anilines is 1. The molecule has 2 aromatic rings. The van der Waals surface area contributed by atoms with E-state index in [1.165, 1.54) is 10.9 Å². The van der Waals surface area contributed by atoms with Crippen LogP contribution in [-0.4, -0.2) is 165 Å². The van der Waals surface area contributed by atoms with Crippen molar-refractivity contribution < 1.29 is 80.6 Å². The number of unbranched alkanes of at least 4 members (excludes halogenated alkanes) is 1. The number of amides is 3. The largest absolute Gasteiger partial charge is 0.538 e. The number of phosphoric ester groups is 2. The van der Waals surface area contributed by atoms with Crippen LogP contribution in [-0.2, 0) is 55.8 Å². The van der Waals surface area contributed by atoms with E-state index in [4.69, 9.17) is 29.4 Å². The quantitative estimate of drug-likeness (QED) is 0.0306. The molecule has 0 radical (unpaired) electrons. The van der Waals surface area contributed by atoms with Gasteiger partial charge in [-0.1, -0.05) is 6.42 Å². The first kappa shape index (κ1) is 47.0. The Morgan fingerprint density at radius 1 is 0.932 bits per heavy atom. The van der Waals surface area contributed by atoms with Crippen LogP contribution in [0, 0.1) is 0 Å². The first-order chi connectivity index (χ1) is 28.2. The molecule has 0 bridgehead atoms. The smallest absolute Gasteiger partial charge is 0.387 e. The highest BCUT2D eigenvalue weighted by molar-refractivity contribution is 8.00. The molecular weight excluding hydrogens is 850 g/mol. The SMILES string of the molecule is Nc1ncnc2c1ncn2C1OC(COP(=O)(O)OP(=O)(O)OC(=O)CCOCCOCCOCCOCCNC(=O)CCCC[C@@H]2SCC3NC(=O)NC32)C(O)C1O. The number of phosphoric acid groups is 2. The van der Waals surface area contributed by atoms with Crippen LogP contribution in [0.2, 0.25) is 0 Å². The monoisotopic (exact) mass is 900 g/mol. The van der Waals surface area contributed by atoms with Gasteiger partial charge in [0.25, 0.3) is 0 Å². The number of nitrogen functional groups attached to an aromatic ring is 1. The van der Waals surface area contributed by atoms with Gasteiger partial charge in [-0.2, -0.15) is 16.1 Å². The fourth-order valence-corrected chi connectivity index (χ4v) is 9.80. The summed E-state index contributed by atoms with van der Waals surface area (Å²) >= 11 is 1.86. The lowest BCUT2D eigenvalue weighted by atomic mass is 10.0. The molecule has 3 saturated heterocycles. The fourth-order valence-electron chi connectivity index (χ4n) is 6.21. The highest BCUT2D eigenvalue weighted by Crippen LogP contribution is 2.60. The number of urea groups is 1. The molecule has 59 heavy (non-hydrogen) atoms. The second-order valence-corrected chi connectivity index (χ2v) is 17.6. The Labute approximate surface area is 341 Å². The molecule has 8 unspecified atom stereocenters. The van der Waals surface area contributed by atoms with Gasteiger partial charge in [-0.25, -0.2) is 28.9 Å². The van der Waals surface area contributed by atoms with Crippen LogP contribution in [0.3, 0.4) is 0 Å². The molecule has 332 valence electrons. The van der Waals surface area contributed by atoms with Crippen molar-refractivity contribution in [2.45, 2.75) is 74.0 Å². The average molecular weight is 901 g/mol. The normalized spacial score (nSPS) is 25.9. The molecule has 0 saturated carbocycles. The Morgan fingerprint density at radius 2 is 1.63 bits per heavy atom. The number of hydrogen-bond acceptors (Lipinski definition) is 20. The minimum absolute atomic E-state index is 0.0276. The lowest BCUT2D eigenvalue weighted by Crippen LogP contribution is -2.36. The Kier molecular flexibility index (Phi) is 18.1. The number of carbonyl (C=O) groups is 3. The molecule has 0 spiro atoms. The van der Waals surface area contributed by atoms with E-state index in [1.54, 1.807) is 0 Å². The van der Waals surface area contributed by atoms with Crippen molar-refractivity contribution >= 4 is 62.3 Å². The van der Waals surface area contributed by atoms with Crippen LogP contribution in [0.25, 0.3) is 11.2 Å². The molecule has 28 heteroatoms. The zero-order chi connectivity index (χ0) is 42.4. The van der Waals surface area contributed by atoms with E-state index in [1.807, 2.05) is 11.8 Å². The third-order valence-corrected chi connectivity index (χ3v) is 13.1. The Bertz CT molecular complexity index is 1800. The number of hydrogen-bond donors (Lipinski definition) is 8. The van der Waals surface area contributed by atoms with Gasteiger partial charge in [0.2, 0.25) is 5.91 Å². The minimum Gasteiger partial charge on any atom is -0.387 e. The molecule has 3 aliphatic heterocycles. The van der Waals surface area contributed by atoms with Gasteiger partial charge in [-0.15, -0.1) is 0 Å². The van der Waals surface area contributed by atoms with E-state index in [0.29, 0.717) is 38.0 Å². The molecule has 3 amide bonds. The number of imidazole rings is 1. The van der Waals surface area contributed by atoms with E-state index in [0.717, 1.165) is 31.3 Å². The Hall–Kier alpha value is -3.07. The van der Waals surface area contributed by atoms with Gasteiger partial charge < -0.3 is 65.0 Å². The number of nitrogens with two attached hydrogens (primary N) is 1. The maximum Gasteiger partial charge on any atom is 0.538 e. The summed E-state index contributed by atoms with van der Waals surface area (Å²) in [5.41, 5.74) is 6.13. The molecule has 2 aromatic heterocycles. The van der Waals surface area contributed by atoms with Gasteiger partial charge in [-0.05, 0) is 12.8 Å². The number of ether oxygens (including phenoxy) is 5. The number of nitrogens with one attached hydrogen (secondary N) is 3. The summed E-state index contributed by atoms with van der Waals surface area (Å²) in [6.07, 6.45) is -0.976. The number of carbonyl (C=O) groups excluding carboxylic acids is 3. The zero-order valence-corrected chi connectivity index (χ0v) is 34.4. The van der Waals surface area contributed by atoms with Gasteiger partial charge in [-0.3, -0.25) is 23.6 Å². The van der Waals surface area contributed by atoms with Crippen LogP contribution in [0.4, 0.5) is 10.6 Å². The van der Waals surface area contributed by atoms with Gasteiger partial charge in [0.1, 0.15) is 30.2 Å². The van der Waals surface area contributed by atoms with Crippen molar-refractivity contribution in [2.75, 3.05) is 77.5 Å². The van der Waals surface area contributed by atoms with Crippen molar-refractivity contribution in [3.63, 3.8) is 0 Å². The topological polar surface area (TPSA) is 346 Å². The van der Waals surface area contributed by atoms with Crippen molar-refractivity contribution in [3.8, 4) is 0 Å². The van der Waals surface area contributed by atoms with Crippen LogP contribution >= 0.6 is 27.4 Å². The van der Waals surface area contributed by atoms with Gasteiger partial charge in [0.05, 0.1) is 84.3 Å². The number of aliphatic hydroxyl groups is 2. The van der Waals surface area contributed by atoms with Gasteiger partial charge >= 0.3 is 27.6 Å². The second kappa shape index (κ2) is 22.7. The number of thioether (sulfide) groups is 1. The maximum atomic E-state index is 12.4. The van der Waals surface area contributed by atoms with Crippen LogP contribution in [0.15, 0.2) is 12.7 Å². The molecule has 5 heterocycles. The molecule has 3 aliphatic rings. The van der Waals surface area contributed by atoms with Gasteiger partial charge in [0, 0.05) is 24.0 Å². The zero-order valence-electron chi connectivity index (χ0n) is 31.8. The molecule has 9 atom stereocenters. The van der Waals surface area contributed by atoms with E-state index in [2.05, 4.69) is 44.3 Å². The van der Waals surface area contributed by atoms with E-state index < -0.39 is 59.2 Å². The number of fused-ring (bicyclic) bond motifs is 2. The third kappa shape index (κ3) is 14.5. The molecular formula is C31H50N8O17P2S. The average Bonchev–Trinajstić information content (AvgIpc) is 3.94. The number of nitrogens with zero attached hydrogens (tertiary/aromatic N) is 4. The Morgan fingerprint density at radius 3 is 2.36 bits per heavy atom. The molecule has 25 nitrogen and oxygen atoms in total. The summed E-state index contributed by atoms with van der Waals surface area (Å²) in [4.78, 5) is 67.2. The lowest BCUT2D eigenvalue weighted by Gasteiger charge is -2.19. The first-order valence-corrected chi connectivity index (χ1v) is 22.7. The van der Waals surface area contributed by atoms with Crippen LogP contribution < -0.4 is 21.7 Å². The predicted molar refractivity (Wildman–Crippen MR) is 203 cm³/mol. The molecule has 3 fully saturated rings. The van der Waals surface area contributed by atoms with Crippen molar-refractivity contribution in [2.24, 2.45) is 0 Å². The van der Waals surface area contributed by atoms with E-state index in [9.17, 15) is 43.5 Å². The molecule has 0 aromatic carbocycles. The summed E-state index contributed by atoms with van der Waals surface area (Å²) in [5, 5.41) is 30.0. The second-order valence-electron chi connectivity index (χ2n) is 13.3. The summed E-state index contributed by atoms with van der Waals surface area (Å²) in [7, 11) is -10.8.